The van der Waals surface area contributed by atoms with Crippen LogP contribution in [0, 0.1) is 25.7 Å². The highest BCUT2D eigenvalue weighted by Crippen LogP contribution is 2.34. The highest BCUT2D eigenvalue weighted by molar-refractivity contribution is 5.31. The first-order valence-electron chi connectivity index (χ1n) is 8.93. The molecule has 0 amide bonds. The summed E-state index contributed by atoms with van der Waals surface area (Å²) in [7, 11) is 0. The van der Waals surface area contributed by atoms with Crippen molar-refractivity contribution in [2.45, 2.75) is 72.3 Å². The van der Waals surface area contributed by atoms with Gasteiger partial charge in [0.2, 0.25) is 0 Å². The first-order chi connectivity index (χ1) is 10.1. The molecule has 1 nitrogen and oxygen atoms in total. The summed E-state index contributed by atoms with van der Waals surface area (Å²) in [6.45, 7) is 10.3. The van der Waals surface area contributed by atoms with Gasteiger partial charge >= 0.3 is 0 Å². The minimum atomic E-state index is 0.729. The summed E-state index contributed by atoms with van der Waals surface area (Å²) in [5, 5.41) is 3.82. The number of nitrogens with one attached hydrogen (secondary N) is 1. The highest BCUT2D eigenvalue weighted by atomic mass is 14.9. The van der Waals surface area contributed by atoms with Crippen LogP contribution in [0.15, 0.2) is 18.2 Å². The average Bonchev–Trinajstić information content (AvgIpc) is 2.49. The first-order valence-corrected chi connectivity index (χ1v) is 8.93. The summed E-state index contributed by atoms with van der Waals surface area (Å²) >= 11 is 0. The number of rotatable bonds is 6. The Morgan fingerprint density at radius 2 is 1.95 bits per heavy atom. The van der Waals surface area contributed by atoms with E-state index < -0.39 is 0 Å². The van der Waals surface area contributed by atoms with E-state index in [1.165, 1.54) is 56.2 Å². The number of hydrogen-bond acceptors (Lipinski definition) is 1. The van der Waals surface area contributed by atoms with Crippen LogP contribution in [-0.2, 0) is 6.42 Å². The molecule has 0 saturated heterocycles. The second-order valence-electron chi connectivity index (χ2n) is 7.04. The fourth-order valence-electron chi connectivity index (χ4n) is 3.86. The van der Waals surface area contributed by atoms with Gasteiger partial charge in [0, 0.05) is 6.04 Å². The van der Waals surface area contributed by atoms with Gasteiger partial charge in [-0.1, -0.05) is 44.0 Å². The maximum absolute atomic E-state index is 3.82. The molecule has 1 aromatic rings. The van der Waals surface area contributed by atoms with Crippen LogP contribution >= 0.6 is 0 Å². The summed E-state index contributed by atoms with van der Waals surface area (Å²) < 4.78 is 0. The van der Waals surface area contributed by atoms with Crippen LogP contribution in [0.4, 0.5) is 0 Å². The van der Waals surface area contributed by atoms with Crippen molar-refractivity contribution in [3.63, 3.8) is 0 Å². The lowest BCUT2D eigenvalue weighted by Crippen LogP contribution is -2.42. The van der Waals surface area contributed by atoms with Crippen LogP contribution in [0.25, 0.3) is 0 Å². The highest BCUT2D eigenvalue weighted by Gasteiger charge is 2.29. The SMILES string of the molecule is CCCNC1CCC(CC)CC1Cc1cc(C)ccc1C. The van der Waals surface area contributed by atoms with E-state index in [4.69, 9.17) is 0 Å². The van der Waals surface area contributed by atoms with Gasteiger partial charge in [-0.2, -0.15) is 0 Å². The molecule has 2 rings (SSSR count). The Balaban J connectivity index is 2.09. The lowest BCUT2D eigenvalue weighted by molar-refractivity contribution is 0.198. The smallest absolute Gasteiger partial charge is 0.00987 e. The van der Waals surface area contributed by atoms with Crippen LogP contribution in [0.5, 0.6) is 0 Å². The fourth-order valence-corrected chi connectivity index (χ4v) is 3.86. The molecule has 118 valence electrons. The Morgan fingerprint density at radius 1 is 1.14 bits per heavy atom. The summed E-state index contributed by atoms with van der Waals surface area (Å²) in [4.78, 5) is 0. The zero-order valence-corrected chi connectivity index (χ0v) is 14.4. The Hall–Kier alpha value is -0.820. The second kappa shape index (κ2) is 7.98. The summed E-state index contributed by atoms with van der Waals surface area (Å²) in [5.41, 5.74) is 4.44. The van der Waals surface area contributed by atoms with E-state index in [9.17, 15) is 0 Å². The van der Waals surface area contributed by atoms with Gasteiger partial charge in [0.1, 0.15) is 0 Å². The van der Waals surface area contributed by atoms with Crippen LogP contribution in [0.2, 0.25) is 0 Å². The van der Waals surface area contributed by atoms with Gasteiger partial charge in [0.15, 0.2) is 0 Å². The Morgan fingerprint density at radius 3 is 2.67 bits per heavy atom. The first kappa shape index (κ1) is 16.5. The molecule has 0 heterocycles. The lowest BCUT2D eigenvalue weighted by atomic mass is 9.74. The quantitative estimate of drug-likeness (QED) is 0.773. The normalized spacial score (nSPS) is 26.0. The standard InChI is InChI=1S/C20H33N/c1-5-11-21-20-10-9-17(6-2)13-19(20)14-18-12-15(3)7-8-16(18)4/h7-8,12,17,19-21H,5-6,9-11,13-14H2,1-4H3. The van der Waals surface area contributed by atoms with E-state index in [1.54, 1.807) is 5.56 Å². The second-order valence-corrected chi connectivity index (χ2v) is 7.04. The number of benzene rings is 1. The molecular weight excluding hydrogens is 254 g/mol. The Labute approximate surface area is 131 Å². The van der Waals surface area contributed by atoms with Gasteiger partial charge in [0.25, 0.3) is 0 Å². The molecule has 0 radical (unpaired) electrons. The minimum absolute atomic E-state index is 0.729. The Bertz CT molecular complexity index is 437. The van der Waals surface area contributed by atoms with Crippen molar-refractivity contribution in [1.29, 1.82) is 0 Å². The van der Waals surface area contributed by atoms with Gasteiger partial charge in [-0.05, 0) is 75.5 Å². The lowest BCUT2D eigenvalue weighted by Gasteiger charge is -2.37. The third-order valence-electron chi connectivity index (χ3n) is 5.31. The molecule has 1 heteroatoms. The van der Waals surface area contributed by atoms with Crippen molar-refractivity contribution >= 4 is 0 Å². The molecule has 0 spiro atoms. The van der Waals surface area contributed by atoms with Crippen LogP contribution in [0.1, 0.15) is 62.6 Å². The molecule has 21 heavy (non-hydrogen) atoms. The number of aryl methyl sites for hydroxylation is 2. The van der Waals surface area contributed by atoms with Crippen molar-refractivity contribution in [1.82, 2.24) is 5.32 Å². The van der Waals surface area contributed by atoms with E-state index in [-0.39, 0.29) is 0 Å². The van der Waals surface area contributed by atoms with E-state index in [0.717, 1.165) is 17.9 Å². The van der Waals surface area contributed by atoms with Gasteiger partial charge in [0.05, 0.1) is 0 Å². The minimum Gasteiger partial charge on any atom is -0.314 e. The van der Waals surface area contributed by atoms with E-state index in [1.807, 2.05) is 0 Å². The topological polar surface area (TPSA) is 12.0 Å². The summed E-state index contributed by atoms with van der Waals surface area (Å²) in [6, 6.07) is 7.66. The zero-order valence-electron chi connectivity index (χ0n) is 14.4. The van der Waals surface area contributed by atoms with Crippen LogP contribution < -0.4 is 5.32 Å². The maximum Gasteiger partial charge on any atom is 0.00987 e. The molecule has 0 bridgehead atoms. The molecular formula is C20H33N. The summed E-state index contributed by atoms with van der Waals surface area (Å²) in [6.07, 6.45) is 8.04. The van der Waals surface area contributed by atoms with Crippen LogP contribution in [-0.4, -0.2) is 12.6 Å². The van der Waals surface area contributed by atoms with Gasteiger partial charge in [-0.25, -0.2) is 0 Å². The predicted octanol–water partition coefficient (Wildman–Crippen LogP) is 5.04. The van der Waals surface area contributed by atoms with Gasteiger partial charge in [-0.15, -0.1) is 0 Å². The molecule has 1 fully saturated rings. The third-order valence-corrected chi connectivity index (χ3v) is 5.31. The molecule has 3 unspecified atom stereocenters. The van der Waals surface area contributed by atoms with Crippen LogP contribution in [0.3, 0.4) is 0 Å². The molecule has 1 aromatic carbocycles. The van der Waals surface area contributed by atoms with Gasteiger partial charge in [-0.3, -0.25) is 0 Å². The van der Waals surface area contributed by atoms with E-state index in [2.05, 4.69) is 51.2 Å². The third kappa shape index (κ3) is 4.57. The maximum atomic E-state index is 3.82. The van der Waals surface area contributed by atoms with Crippen molar-refractivity contribution in [2.75, 3.05) is 6.54 Å². The molecule has 0 aliphatic heterocycles. The largest absolute Gasteiger partial charge is 0.314 e. The number of hydrogen-bond donors (Lipinski definition) is 1. The molecule has 1 N–H and O–H groups in total. The predicted molar refractivity (Wildman–Crippen MR) is 92.8 cm³/mol. The van der Waals surface area contributed by atoms with Crippen molar-refractivity contribution in [3.05, 3.63) is 34.9 Å². The van der Waals surface area contributed by atoms with Crippen molar-refractivity contribution in [2.24, 2.45) is 11.8 Å². The van der Waals surface area contributed by atoms with E-state index in [0.29, 0.717) is 0 Å². The van der Waals surface area contributed by atoms with Crippen molar-refractivity contribution in [3.8, 4) is 0 Å². The zero-order chi connectivity index (χ0) is 15.2. The molecule has 3 atom stereocenters. The van der Waals surface area contributed by atoms with E-state index >= 15 is 0 Å². The monoisotopic (exact) mass is 287 g/mol. The summed E-state index contributed by atoms with van der Waals surface area (Å²) in [5.74, 6) is 1.76. The Kier molecular flexibility index (Phi) is 6.29. The van der Waals surface area contributed by atoms with Crippen molar-refractivity contribution < 1.29 is 0 Å². The molecule has 0 aromatic heterocycles. The molecule has 1 aliphatic rings. The molecule has 1 aliphatic carbocycles. The molecule has 1 saturated carbocycles. The fraction of sp³-hybridized carbons (Fsp3) is 0.700. The van der Waals surface area contributed by atoms with Gasteiger partial charge < -0.3 is 5.32 Å². The average molecular weight is 287 g/mol.